The number of hydrogen-bond acceptors (Lipinski definition) is 4. The second kappa shape index (κ2) is 7.87. The number of alkyl halides is 3. The number of nitrogens with zero attached hydrogens (tertiary/aromatic N) is 5. The molecule has 1 aliphatic carbocycles. The van der Waals surface area contributed by atoms with Gasteiger partial charge in [-0.15, -0.1) is 0 Å². The van der Waals surface area contributed by atoms with E-state index in [1.807, 2.05) is 18.2 Å². The lowest BCUT2D eigenvalue weighted by Gasteiger charge is -2.37. The standard InChI is InChI=1S/C18H19ClF3N5O/c1-12-16(19)17(18(20,21)22)24-27(12)11-15(28)26-8-6-25(7-9-26)14-4-2-13(10-23)3-5-14/h2,4-5,13H,3,6-9,11H2,1H3. The summed E-state index contributed by atoms with van der Waals surface area (Å²) in [6.45, 7) is 3.29. The van der Waals surface area contributed by atoms with Gasteiger partial charge in [0.15, 0.2) is 5.69 Å². The molecule has 1 unspecified atom stereocenters. The lowest BCUT2D eigenvalue weighted by Crippen LogP contribution is -2.49. The Balaban J connectivity index is 1.59. The SMILES string of the molecule is Cc1c(Cl)c(C(F)(F)F)nn1CC(=O)N1CCN(C2=CCC(C#N)C=C2)CC1. The average molecular weight is 414 g/mol. The van der Waals surface area contributed by atoms with Crippen molar-refractivity contribution in [1.82, 2.24) is 19.6 Å². The molecule has 1 fully saturated rings. The lowest BCUT2D eigenvalue weighted by atomic mass is 10.0. The van der Waals surface area contributed by atoms with Crippen LogP contribution in [0.2, 0.25) is 5.02 Å². The summed E-state index contributed by atoms with van der Waals surface area (Å²) in [5.74, 6) is -0.398. The van der Waals surface area contributed by atoms with Gasteiger partial charge in [-0.25, -0.2) is 0 Å². The molecule has 0 spiro atoms. The molecule has 0 N–H and O–H groups in total. The Morgan fingerprint density at radius 2 is 2.04 bits per heavy atom. The Kier molecular flexibility index (Phi) is 5.70. The van der Waals surface area contributed by atoms with Gasteiger partial charge in [0.2, 0.25) is 5.91 Å². The number of piperazine rings is 1. The molecule has 1 aromatic heterocycles. The topological polar surface area (TPSA) is 65.2 Å². The third-order valence-corrected chi connectivity index (χ3v) is 5.38. The molecule has 0 aromatic carbocycles. The highest BCUT2D eigenvalue weighted by atomic mass is 35.5. The van der Waals surface area contributed by atoms with Gasteiger partial charge in [0.1, 0.15) is 6.54 Å². The van der Waals surface area contributed by atoms with Gasteiger partial charge in [-0.3, -0.25) is 9.48 Å². The van der Waals surface area contributed by atoms with Crippen molar-refractivity contribution in [2.24, 2.45) is 5.92 Å². The van der Waals surface area contributed by atoms with Gasteiger partial charge in [-0.1, -0.05) is 23.8 Å². The molecule has 150 valence electrons. The molecule has 28 heavy (non-hydrogen) atoms. The predicted molar refractivity (Wildman–Crippen MR) is 96.1 cm³/mol. The van der Waals surface area contributed by atoms with Crippen molar-refractivity contribution in [2.75, 3.05) is 26.2 Å². The summed E-state index contributed by atoms with van der Waals surface area (Å²) in [5.41, 5.74) is -0.0235. The van der Waals surface area contributed by atoms with Gasteiger partial charge in [-0.05, 0) is 19.4 Å². The second-order valence-corrected chi connectivity index (χ2v) is 7.11. The fraction of sp³-hybridized carbons (Fsp3) is 0.500. The monoisotopic (exact) mass is 413 g/mol. The van der Waals surface area contributed by atoms with E-state index < -0.39 is 16.9 Å². The van der Waals surface area contributed by atoms with Crippen LogP contribution in [0, 0.1) is 24.2 Å². The predicted octanol–water partition coefficient (Wildman–Crippen LogP) is 2.99. The minimum Gasteiger partial charge on any atom is -0.368 e. The molecule has 0 bridgehead atoms. The molecule has 6 nitrogen and oxygen atoms in total. The van der Waals surface area contributed by atoms with Crippen LogP contribution in [0.25, 0.3) is 0 Å². The van der Waals surface area contributed by atoms with E-state index in [2.05, 4.69) is 16.1 Å². The van der Waals surface area contributed by atoms with Gasteiger partial charge >= 0.3 is 6.18 Å². The highest BCUT2D eigenvalue weighted by Crippen LogP contribution is 2.35. The molecule has 3 rings (SSSR count). The van der Waals surface area contributed by atoms with Crippen molar-refractivity contribution in [1.29, 1.82) is 5.26 Å². The number of aromatic nitrogens is 2. The van der Waals surface area contributed by atoms with Crippen LogP contribution in [0.3, 0.4) is 0 Å². The van der Waals surface area contributed by atoms with E-state index in [1.165, 1.54) is 6.92 Å². The number of amides is 1. The smallest absolute Gasteiger partial charge is 0.368 e. The molecule has 1 aromatic rings. The fourth-order valence-corrected chi connectivity index (χ4v) is 3.48. The van der Waals surface area contributed by atoms with Gasteiger partial charge in [0.25, 0.3) is 0 Å². The molecule has 1 aliphatic heterocycles. The van der Waals surface area contributed by atoms with Crippen LogP contribution in [0.15, 0.2) is 23.9 Å². The van der Waals surface area contributed by atoms with Crippen LogP contribution in [0.1, 0.15) is 17.8 Å². The van der Waals surface area contributed by atoms with Gasteiger partial charge in [0, 0.05) is 31.9 Å². The normalized spacial score (nSPS) is 20.1. The largest absolute Gasteiger partial charge is 0.436 e. The maximum absolute atomic E-state index is 12.9. The number of hydrogen-bond donors (Lipinski definition) is 0. The molecule has 0 radical (unpaired) electrons. The summed E-state index contributed by atoms with van der Waals surface area (Å²) in [7, 11) is 0. The van der Waals surface area contributed by atoms with Crippen LogP contribution < -0.4 is 0 Å². The maximum atomic E-state index is 12.9. The summed E-state index contributed by atoms with van der Waals surface area (Å²) in [5, 5.41) is 11.9. The zero-order valence-electron chi connectivity index (χ0n) is 15.2. The van der Waals surface area contributed by atoms with Crippen LogP contribution in [-0.2, 0) is 17.5 Å². The average Bonchev–Trinajstić information content (AvgIpc) is 2.97. The molecular weight excluding hydrogens is 395 g/mol. The Bertz CT molecular complexity index is 860. The first-order chi connectivity index (χ1) is 13.2. The van der Waals surface area contributed by atoms with E-state index >= 15 is 0 Å². The van der Waals surface area contributed by atoms with Crippen molar-refractivity contribution in [3.8, 4) is 6.07 Å². The van der Waals surface area contributed by atoms with E-state index in [4.69, 9.17) is 16.9 Å². The Labute approximate surface area is 165 Å². The number of rotatable bonds is 3. The van der Waals surface area contributed by atoms with Gasteiger partial charge in [-0.2, -0.15) is 23.5 Å². The molecular formula is C18H19ClF3N5O. The molecule has 2 aliphatic rings. The first-order valence-electron chi connectivity index (χ1n) is 8.81. The van der Waals surface area contributed by atoms with Gasteiger partial charge < -0.3 is 9.80 Å². The van der Waals surface area contributed by atoms with Gasteiger partial charge in [0.05, 0.1) is 22.7 Å². The number of halogens is 4. The van der Waals surface area contributed by atoms with E-state index in [-0.39, 0.29) is 24.1 Å². The minimum absolute atomic E-state index is 0.0997. The Morgan fingerprint density at radius 3 is 2.54 bits per heavy atom. The van der Waals surface area contributed by atoms with E-state index in [9.17, 15) is 18.0 Å². The molecule has 1 amide bonds. The first kappa shape index (κ1) is 20.3. The molecule has 1 saturated heterocycles. The summed E-state index contributed by atoms with van der Waals surface area (Å²) in [4.78, 5) is 16.3. The number of allylic oxidation sites excluding steroid dienone is 3. The maximum Gasteiger partial charge on any atom is 0.436 e. The van der Waals surface area contributed by atoms with Crippen molar-refractivity contribution < 1.29 is 18.0 Å². The summed E-state index contributed by atoms with van der Waals surface area (Å²) in [6.07, 6.45) is 1.81. The van der Waals surface area contributed by atoms with Crippen LogP contribution >= 0.6 is 11.6 Å². The van der Waals surface area contributed by atoms with Crippen LogP contribution in [-0.4, -0.2) is 51.7 Å². The molecule has 1 atom stereocenters. The zero-order chi connectivity index (χ0) is 20.5. The van der Waals surface area contributed by atoms with E-state index in [1.54, 1.807) is 4.90 Å². The van der Waals surface area contributed by atoms with E-state index in [0.29, 0.717) is 32.6 Å². The minimum atomic E-state index is -4.66. The number of nitriles is 1. The highest BCUT2D eigenvalue weighted by molar-refractivity contribution is 6.32. The molecule has 2 heterocycles. The van der Waals surface area contributed by atoms with Crippen molar-refractivity contribution in [3.63, 3.8) is 0 Å². The lowest BCUT2D eigenvalue weighted by molar-refractivity contribution is -0.142. The summed E-state index contributed by atoms with van der Waals surface area (Å²) < 4.78 is 39.7. The second-order valence-electron chi connectivity index (χ2n) is 6.73. The molecule has 0 saturated carbocycles. The van der Waals surface area contributed by atoms with Crippen LogP contribution in [0.4, 0.5) is 13.2 Å². The number of carbonyl (C=O) groups is 1. The van der Waals surface area contributed by atoms with Crippen molar-refractivity contribution in [2.45, 2.75) is 26.1 Å². The molecule has 10 heteroatoms. The van der Waals surface area contributed by atoms with Crippen molar-refractivity contribution >= 4 is 17.5 Å². The third-order valence-electron chi connectivity index (χ3n) is 4.93. The third kappa shape index (κ3) is 4.17. The summed E-state index contributed by atoms with van der Waals surface area (Å²) >= 11 is 5.73. The Morgan fingerprint density at radius 1 is 1.36 bits per heavy atom. The quantitative estimate of drug-likeness (QED) is 0.764. The van der Waals surface area contributed by atoms with Crippen LogP contribution in [0.5, 0.6) is 0 Å². The first-order valence-corrected chi connectivity index (χ1v) is 9.19. The van der Waals surface area contributed by atoms with E-state index in [0.717, 1.165) is 10.4 Å². The fourth-order valence-electron chi connectivity index (χ4n) is 3.24. The number of carbonyl (C=O) groups excluding carboxylic acids is 1. The summed E-state index contributed by atoms with van der Waals surface area (Å²) in [6, 6.07) is 2.20. The zero-order valence-corrected chi connectivity index (χ0v) is 16.0. The highest BCUT2D eigenvalue weighted by Gasteiger charge is 2.38. The van der Waals surface area contributed by atoms with Crippen molar-refractivity contribution in [3.05, 3.63) is 40.3 Å². The Hall–Kier alpha value is -2.47.